The van der Waals surface area contributed by atoms with Gasteiger partial charge in [0.2, 0.25) is 0 Å². The van der Waals surface area contributed by atoms with E-state index in [0.717, 1.165) is 24.8 Å². The van der Waals surface area contributed by atoms with Gasteiger partial charge in [0.25, 0.3) is 0 Å². The van der Waals surface area contributed by atoms with Gasteiger partial charge in [0.05, 0.1) is 0 Å². The molecule has 0 N–H and O–H groups in total. The van der Waals surface area contributed by atoms with Crippen molar-refractivity contribution >= 4 is 6.29 Å². The largest absolute Gasteiger partial charge is 0.298 e. The standard InChI is InChI=1S/C9H11FO/c1-2-7-4-3-5-9(10)8(7)6-11/h5-6H,2-4H2,1H3. The Balaban J connectivity index is 2.97. The molecule has 2 heteroatoms. The molecular weight excluding hydrogens is 143 g/mol. The van der Waals surface area contributed by atoms with Gasteiger partial charge in [-0.3, -0.25) is 4.79 Å². The lowest BCUT2D eigenvalue weighted by molar-refractivity contribution is -0.104. The highest BCUT2D eigenvalue weighted by atomic mass is 19.1. The predicted octanol–water partition coefficient (Wildman–Crippen LogP) is 2.54. The van der Waals surface area contributed by atoms with Gasteiger partial charge < -0.3 is 0 Å². The van der Waals surface area contributed by atoms with Gasteiger partial charge in [-0.05, 0) is 25.3 Å². The van der Waals surface area contributed by atoms with Crippen LogP contribution in [0, 0.1) is 0 Å². The van der Waals surface area contributed by atoms with Crippen LogP contribution in [0.15, 0.2) is 23.0 Å². The summed E-state index contributed by atoms with van der Waals surface area (Å²) in [5.74, 6) is -0.344. The van der Waals surface area contributed by atoms with Gasteiger partial charge in [-0.15, -0.1) is 0 Å². The van der Waals surface area contributed by atoms with Crippen LogP contribution < -0.4 is 0 Å². The number of halogens is 1. The van der Waals surface area contributed by atoms with E-state index in [1.807, 2.05) is 6.92 Å². The summed E-state index contributed by atoms with van der Waals surface area (Å²) in [4.78, 5) is 10.4. The number of rotatable bonds is 2. The van der Waals surface area contributed by atoms with E-state index in [-0.39, 0.29) is 11.4 Å². The Kier molecular flexibility index (Phi) is 2.58. The molecule has 0 fully saturated rings. The molecule has 11 heavy (non-hydrogen) atoms. The van der Waals surface area contributed by atoms with Gasteiger partial charge in [-0.2, -0.15) is 0 Å². The van der Waals surface area contributed by atoms with Crippen molar-refractivity contribution in [1.82, 2.24) is 0 Å². The Morgan fingerprint density at radius 3 is 2.91 bits per heavy atom. The van der Waals surface area contributed by atoms with Crippen LogP contribution in [-0.4, -0.2) is 6.29 Å². The first-order chi connectivity index (χ1) is 5.29. The quantitative estimate of drug-likeness (QED) is 0.558. The fourth-order valence-corrected chi connectivity index (χ4v) is 1.29. The second-order valence-corrected chi connectivity index (χ2v) is 2.58. The Morgan fingerprint density at radius 2 is 2.45 bits per heavy atom. The average molecular weight is 154 g/mol. The van der Waals surface area contributed by atoms with E-state index in [1.165, 1.54) is 6.08 Å². The van der Waals surface area contributed by atoms with Crippen molar-refractivity contribution in [1.29, 1.82) is 0 Å². The van der Waals surface area contributed by atoms with E-state index < -0.39 is 0 Å². The number of hydrogen-bond acceptors (Lipinski definition) is 1. The normalized spacial score (nSPS) is 18.2. The van der Waals surface area contributed by atoms with Crippen LogP contribution >= 0.6 is 0 Å². The first kappa shape index (κ1) is 8.18. The summed E-state index contributed by atoms with van der Waals surface area (Å²) in [5, 5.41) is 0. The summed E-state index contributed by atoms with van der Waals surface area (Å²) in [5.41, 5.74) is 1.22. The summed E-state index contributed by atoms with van der Waals surface area (Å²) in [6.45, 7) is 1.94. The average Bonchev–Trinajstić information content (AvgIpc) is 2.04. The van der Waals surface area contributed by atoms with Crippen LogP contribution in [0.25, 0.3) is 0 Å². The lowest BCUT2D eigenvalue weighted by Gasteiger charge is -2.11. The molecule has 60 valence electrons. The SMILES string of the molecule is CCC1=C(C=O)C(F)=CCC1. The molecule has 0 aromatic rings. The Morgan fingerprint density at radius 1 is 1.73 bits per heavy atom. The summed E-state index contributed by atoms with van der Waals surface area (Å²) >= 11 is 0. The predicted molar refractivity (Wildman–Crippen MR) is 41.8 cm³/mol. The van der Waals surface area contributed by atoms with Crippen LogP contribution in [0.1, 0.15) is 26.2 Å². The molecular formula is C9H11FO. The van der Waals surface area contributed by atoms with E-state index in [0.29, 0.717) is 6.29 Å². The molecule has 0 saturated carbocycles. The van der Waals surface area contributed by atoms with E-state index in [4.69, 9.17) is 0 Å². The zero-order valence-electron chi connectivity index (χ0n) is 6.56. The van der Waals surface area contributed by atoms with E-state index in [9.17, 15) is 9.18 Å². The molecule has 0 heterocycles. The minimum atomic E-state index is -0.344. The first-order valence-electron chi connectivity index (χ1n) is 3.82. The van der Waals surface area contributed by atoms with Gasteiger partial charge in [0.1, 0.15) is 5.83 Å². The highest BCUT2D eigenvalue weighted by Gasteiger charge is 2.13. The minimum absolute atomic E-state index is 0.277. The van der Waals surface area contributed by atoms with Crippen molar-refractivity contribution in [3.05, 3.63) is 23.0 Å². The van der Waals surface area contributed by atoms with Crippen molar-refractivity contribution < 1.29 is 9.18 Å². The number of carbonyl (C=O) groups is 1. The zero-order chi connectivity index (χ0) is 8.27. The third-order valence-corrected chi connectivity index (χ3v) is 1.95. The molecule has 0 unspecified atom stereocenters. The van der Waals surface area contributed by atoms with Gasteiger partial charge in [-0.1, -0.05) is 12.5 Å². The smallest absolute Gasteiger partial charge is 0.152 e. The third-order valence-electron chi connectivity index (χ3n) is 1.95. The van der Waals surface area contributed by atoms with Crippen molar-refractivity contribution in [3.8, 4) is 0 Å². The number of allylic oxidation sites excluding steroid dienone is 4. The first-order valence-corrected chi connectivity index (χ1v) is 3.82. The van der Waals surface area contributed by atoms with Crippen LogP contribution in [0.4, 0.5) is 4.39 Å². The van der Waals surface area contributed by atoms with Gasteiger partial charge in [0.15, 0.2) is 6.29 Å². The van der Waals surface area contributed by atoms with Gasteiger partial charge in [0, 0.05) is 5.57 Å². The molecule has 0 spiro atoms. The Bertz CT molecular complexity index is 226. The van der Waals surface area contributed by atoms with E-state index >= 15 is 0 Å². The van der Waals surface area contributed by atoms with Crippen molar-refractivity contribution in [3.63, 3.8) is 0 Å². The molecule has 0 saturated heterocycles. The van der Waals surface area contributed by atoms with Crippen LogP contribution in [0.2, 0.25) is 0 Å². The van der Waals surface area contributed by atoms with Crippen LogP contribution in [-0.2, 0) is 4.79 Å². The second kappa shape index (κ2) is 3.46. The fourth-order valence-electron chi connectivity index (χ4n) is 1.29. The van der Waals surface area contributed by atoms with Crippen LogP contribution in [0.5, 0.6) is 0 Å². The molecule has 0 aromatic heterocycles. The third kappa shape index (κ3) is 1.56. The summed E-state index contributed by atoms with van der Waals surface area (Å²) in [6.07, 6.45) is 4.42. The number of carbonyl (C=O) groups excluding carboxylic acids is 1. The molecule has 0 aliphatic heterocycles. The minimum Gasteiger partial charge on any atom is -0.298 e. The summed E-state index contributed by atoms with van der Waals surface area (Å²) < 4.78 is 12.9. The molecule has 0 atom stereocenters. The monoisotopic (exact) mass is 154 g/mol. The summed E-state index contributed by atoms with van der Waals surface area (Å²) in [6, 6.07) is 0. The van der Waals surface area contributed by atoms with Crippen molar-refractivity contribution in [2.75, 3.05) is 0 Å². The van der Waals surface area contributed by atoms with Gasteiger partial charge >= 0.3 is 0 Å². The lowest BCUT2D eigenvalue weighted by Crippen LogP contribution is -1.99. The Hall–Kier alpha value is -0.920. The molecule has 1 aliphatic carbocycles. The van der Waals surface area contributed by atoms with Crippen LogP contribution in [0.3, 0.4) is 0 Å². The maximum absolute atomic E-state index is 12.9. The molecule has 0 aromatic carbocycles. The van der Waals surface area contributed by atoms with Gasteiger partial charge in [-0.25, -0.2) is 4.39 Å². The van der Waals surface area contributed by atoms with E-state index in [1.54, 1.807) is 0 Å². The fraction of sp³-hybridized carbons (Fsp3) is 0.444. The molecule has 0 bridgehead atoms. The maximum Gasteiger partial charge on any atom is 0.152 e. The highest BCUT2D eigenvalue weighted by Crippen LogP contribution is 2.26. The second-order valence-electron chi connectivity index (χ2n) is 2.58. The molecule has 0 radical (unpaired) electrons. The number of hydrogen-bond donors (Lipinski definition) is 0. The molecule has 1 aliphatic rings. The Labute approximate surface area is 65.6 Å². The zero-order valence-corrected chi connectivity index (χ0v) is 6.56. The molecule has 1 rings (SSSR count). The molecule has 1 nitrogen and oxygen atoms in total. The van der Waals surface area contributed by atoms with Crippen molar-refractivity contribution in [2.24, 2.45) is 0 Å². The van der Waals surface area contributed by atoms with Crippen molar-refractivity contribution in [2.45, 2.75) is 26.2 Å². The summed E-state index contributed by atoms with van der Waals surface area (Å²) in [7, 11) is 0. The number of aldehydes is 1. The topological polar surface area (TPSA) is 17.1 Å². The highest BCUT2D eigenvalue weighted by molar-refractivity contribution is 5.80. The lowest BCUT2D eigenvalue weighted by atomic mass is 9.96. The maximum atomic E-state index is 12.9. The van der Waals surface area contributed by atoms with E-state index in [2.05, 4.69) is 0 Å². The molecule has 0 amide bonds.